The predicted molar refractivity (Wildman–Crippen MR) is 144 cm³/mol. The van der Waals surface area contributed by atoms with E-state index in [1.165, 1.54) is 11.8 Å². The fourth-order valence-electron chi connectivity index (χ4n) is 4.68. The molecule has 1 spiro atoms. The molecule has 4 heterocycles. The third-order valence-electron chi connectivity index (χ3n) is 6.68. The van der Waals surface area contributed by atoms with Crippen LogP contribution in [0.25, 0.3) is 0 Å². The number of carbonyl (C=O) groups is 1. The van der Waals surface area contributed by atoms with Crippen LogP contribution in [0, 0.1) is 18.8 Å². The lowest BCUT2D eigenvalue weighted by Crippen LogP contribution is -2.51. The number of hydrogen-bond acceptors (Lipinski definition) is 9. The number of nitrogens with zero attached hydrogens (tertiary/aromatic N) is 4. The van der Waals surface area contributed by atoms with Gasteiger partial charge >= 0.3 is 0 Å². The number of pyridine rings is 1. The van der Waals surface area contributed by atoms with E-state index in [-0.39, 0.29) is 17.8 Å². The van der Waals surface area contributed by atoms with Gasteiger partial charge in [0.2, 0.25) is 0 Å². The lowest BCUT2D eigenvalue weighted by molar-refractivity contribution is -0.115. The summed E-state index contributed by atoms with van der Waals surface area (Å²) in [6.07, 6.45) is 4.85. The molecule has 1 atom stereocenters. The minimum atomic E-state index is -0.485. The lowest BCUT2D eigenvalue weighted by Gasteiger charge is -2.41. The van der Waals surface area contributed by atoms with Gasteiger partial charge in [-0.3, -0.25) is 4.79 Å². The molecule has 0 aliphatic carbocycles. The van der Waals surface area contributed by atoms with Crippen molar-refractivity contribution >= 4 is 40.9 Å². The van der Waals surface area contributed by atoms with Crippen LogP contribution in [0.5, 0.6) is 5.75 Å². The first kappa shape index (κ1) is 25.1. The Morgan fingerprint density at radius 1 is 1.30 bits per heavy atom. The van der Waals surface area contributed by atoms with Crippen molar-refractivity contribution in [2.75, 3.05) is 30.8 Å². The van der Waals surface area contributed by atoms with Crippen LogP contribution in [0.15, 0.2) is 46.6 Å². The maximum Gasteiger partial charge on any atom is 0.295 e. The smallest absolute Gasteiger partial charge is 0.295 e. The lowest BCUT2D eigenvalue weighted by atomic mass is 9.83. The zero-order valence-corrected chi connectivity index (χ0v) is 22.0. The average Bonchev–Trinajstić information content (AvgIpc) is 3.16. The van der Waals surface area contributed by atoms with E-state index >= 15 is 0 Å². The first-order valence-corrected chi connectivity index (χ1v) is 13.0. The Morgan fingerprint density at radius 3 is 2.81 bits per heavy atom. The van der Waals surface area contributed by atoms with Crippen LogP contribution in [-0.2, 0) is 4.79 Å². The van der Waals surface area contributed by atoms with Crippen LogP contribution in [0.4, 0.5) is 11.6 Å². The number of benzene rings is 1. The van der Waals surface area contributed by atoms with Crippen molar-refractivity contribution in [3.63, 3.8) is 0 Å². The standard InChI is InChI=1S/C26H26ClN7O2S/c1-15-25(32-14-21(33-15)37-19-7-10-31-24(29)22(19)27)34-11-8-26(9-12-34)23(28)17-13-16(3-5-18(17)36-26)4-6-20(35)30-2/h3,5,7,10,13-14,23H,8-9,11-12,28H2,1-2H3,(H2,29,31)(H,30,35)/t23-/m1/s1. The van der Waals surface area contributed by atoms with Gasteiger partial charge in [-0.15, -0.1) is 0 Å². The van der Waals surface area contributed by atoms with Crippen molar-refractivity contribution < 1.29 is 9.53 Å². The fourth-order valence-corrected chi connectivity index (χ4v) is 5.74. The van der Waals surface area contributed by atoms with E-state index < -0.39 is 5.60 Å². The normalized spacial score (nSPS) is 17.5. The average molecular weight is 536 g/mol. The van der Waals surface area contributed by atoms with E-state index in [0.717, 1.165) is 64.2 Å². The number of nitrogens with one attached hydrogen (secondary N) is 1. The van der Waals surface area contributed by atoms with Gasteiger partial charge in [0.1, 0.15) is 28.0 Å². The van der Waals surface area contributed by atoms with Crippen molar-refractivity contribution in [2.45, 2.75) is 41.3 Å². The van der Waals surface area contributed by atoms with E-state index in [4.69, 9.17) is 37.8 Å². The Balaban J connectivity index is 1.27. The molecule has 37 heavy (non-hydrogen) atoms. The molecular weight excluding hydrogens is 510 g/mol. The molecule has 2 aliphatic rings. The van der Waals surface area contributed by atoms with Crippen molar-refractivity contribution in [1.29, 1.82) is 0 Å². The second-order valence-electron chi connectivity index (χ2n) is 8.94. The largest absolute Gasteiger partial charge is 0.485 e. The Hall–Kier alpha value is -3.52. The number of nitrogen functional groups attached to an aromatic ring is 1. The van der Waals surface area contributed by atoms with Gasteiger partial charge in [0.05, 0.1) is 23.0 Å². The number of aromatic nitrogens is 3. The maximum absolute atomic E-state index is 11.5. The highest BCUT2D eigenvalue weighted by atomic mass is 35.5. The number of hydrogen-bond donors (Lipinski definition) is 3. The van der Waals surface area contributed by atoms with Crippen LogP contribution < -0.4 is 26.4 Å². The molecule has 0 bridgehead atoms. The first-order chi connectivity index (χ1) is 17.8. The Labute approximate surface area is 224 Å². The van der Waals surface area contributed by atoms with Gasteiger partial charge < -0.3 is 26.4 Å². The van der Waals surface area contributed by atoms with Crippen molar-refractivity contribution in [3.8, 4) is 17.6 Å². The molecule has 1 saturated heterocycles. The van der Waals surface area contributed by atoms with E-state index in [0.29, 0.717) is 5.02 Å². The molecule has 0 saturated carbocycles. The monoisotopic (exact) mass is 535 g/mol. The zero-order chi connectivity index (χ0) is 26.2. The highest BCUT2D eigenvalue weighted by Crippen LogP contribution is 2.47. The summed E-state index contributed by atoms with van der Waals surface area (Å²) in [6, 6.07) is 7.18. The molecule has 1 amide bonds. The number of carbonyl (C=O) groups excluding carboxylic acids is 1. The number of fused-ring (bicyclic) bond motifs is 1. The van der Waals surface area contributed by atoms with Gasteiger partial charge in [0.15, 0.2) is 0 Å². The molecule has 0 unspecified atom stereocenters. The molecular formula is C26H26ClN7O2S. The molecule has 190 valence electrons. The van der Waals surface area contributed by atoms with Crippen LogP contribution >= 0.6 is 23.4 Å². The van der Waals surface area contributed by atoms with Crippen LogP contribution in [-0.4, -0.2) is 46.6 Å². The number of rotatable bonds is 3. The summed E-state index contributed by atoms with van der Waals surface area (Å²) >= 11 is 7.68. The van der Waals surface area contributed by atoms with Crippen LogP contribution in [0.3, 0.4) is 0 Å². The molecule has 3 aromatic rings. The molecule has 2 aliphatic heterocycles. The summed E-state index contributed by atoms with van der Waals surface area (Å²) in [7, 11) is 1.55. The molecule has 11 heteroatoms. The number of amides is 1. The highest BCUT2D eigenvalue weighted by Gasteiger charge is 2.48. The van der Waals surface area contributed by atoms with Crippen molar-refractivity contribution in [3.05, 3.63) is 58.5 Å². The third-order valence-corrected chi connectivity index (χ3v) is 8.15. The van der Waals surface area contributed by atoms with Crippen LogP contribution in [0.1, 0.15) is 35.7 Å². The summed E-state index contributed by atoms with van der Waals surface area (Å²) in [6.45, 7) is 3.42. The zero-order valence-electron chi connectivity index (χ0n) is 20.4. The quantitative estimate of drug-likeness (QED) is 0.433. The fraction of sp³-hybridized carbons (Fsp3) is 0.308. The molecule has 1 aromatic carbocycles. The second-order valence-corrected chi connectivity index (χ2v) is 10.4. The van der Waals surface area contributed by atoms with E-state index in [2.05, 4.69) is 27.0 Å². The maximum atomic E-state index is 11.5. The van der Waals surface area contributed by atoms with Crippen molar-refractivity contribution in [1.82, 2.24) is 20.3 Å². The third kappa shape index (κ3) is 4.90. The molecule has 5 rings (SSSR count). The second kappa shape index (κ2) is 10.1. The number of anilines is 2. The molecule has 9 nitrogen and oxygen atoms in total. The summed E-state index contributed by atoms with van der Waals surface area (Å²) in [5.74, 6) is 7.02. The Kier molecular flexibility index (Phi) is 6.86. The van der Waals surface area contributed by atoms with E-state index in [1.807, 2.05) is 25.1 Å². The Bertz CT molecular complexity index is 1430. The van der Waals surface area contributed by atoms with Crippen molar-refractivity contribution in [2.24, 2.45) is 5.73 Å². The van der Waals surface area contributed by atoms with Gasteiger partial charge in [-0.1, -0.05) is 29.3 Å². The van der Waals surface area contributed by atoms with Gasteiger partial charge in [-0.2, -0.15) is 0 Å². The minimum absolute atomic E-state index is 0.282. The molecule has 1 fully saturated rings. The van der Waals surface area contributed by atoms with Gasteiger partial charge in [0, 0.05) is 61.1 Å². The summed E-state index contributed by atoms with van der Waals surface area (Å²) in [4.78, 5) is 27.9. The topological polar surface area (TPSA) is 132 Å². The number of nitrogens with two attached hydrogens (primary N) is 2. The molecule has 2 aromatic heterocycles. The van der Waals surface area contributed by atoms with E-state index in [9.17, 15) is 4.79 Å². The van der Waals surface area contributed by atoms with Crippen LogP contribution in [0.2, 0.25) is 5.02 Å². The molecule has 5 N–H and O–H groups in total. The number of ether oxygens (including phenoxy) is 1. The summed E-state index contributed by atoms with van der Waals surface area (Å²) in [5, 5.41) is 3.64. The highest BCUT2D eigenvalue weighted by molar-refractivity contribution is 7.99. The molecule has 0 radical (unpaired) electrons. The van der Waals surface area contributed by atoms with E-state index in [1.54, 1.807) is 25.5 Å². The number of piperidine rings is 1. The Morgan fingerprint density at radius 2 is 2.08 bits per heavy atom. The summed E-state index contributed by atoms with van der Waals surface area (Å²) in [5.41, 5.74) is 14.5. The first-order valence-electron chi connectivity index (χ1n) is 11.8. The predicted octanol–water partition coefficient (Wildman–Crippen LogP) is 3.10. The summed E-state index contributed by atoms with van der Waals surface area (Å²) < 4.78 is 6.42. The van der Waals surface area contributed by atoms with Gasteiger partial charge in [-0.25, -0.2) is 15.0 Å². The minimum Gasteiger partial charge on any atom is -0.485 e. The number of halogens is 1. The van der Waals surface area contributed by atoms with Gasteiger partial charge in [0.25, 0.3) is 5.91 Å². The SMILES string of the molecule is CNC(=O)C#Cc1ccc2c(c1)[C@@H](N)C1(CCN(c3ncc(Sc4ccnc(N)c4Cl)nc3C)CC1)O2. The van der Waals surface area contributed by atoms with Gasteiger partial charge in [-0.05, 0) is 31.2 Å². The number of aryl methyl sites for hydroxylation is 1.